The van der Waals surface area contributed by atoms with Crippen LogP contribution in [-0.2, 0) is 13.1 Å². The molecule has 0 bridgehead atoms. The molecule has 0 aliphatic rings. The van der Waals surface area contributed by atoms with Crippen LogP contribution < -0.4 is 5.32 Å². The Hall–Kier alpha value is -3.38. The smallest absolute Gasteiger partial charge is 0.255 e. The van der Waals surface area contributed by atoms with Crippen molar-refractivity contribution in [2.75, 3.05) is 5.32 Å². The summed E-state index contributed by atoms with van der Waals surface area (Å²) in [5.41, 5.74) is 5.54. The quantitative estimate of drug-likeness (QED) is 0.492. The van der Waals surface area contributed by atoms with Crippen LogP contribution >= 0.6 is 11.6 Å². The molecule has 0 saturated carbocycles. The molecule has 30 heavy (non-hydrogen) atoms. The molecule has 4 aromatic rings. The maximum absolute atomic E-state index is 12.6. The molecule has 0 aliphatic heterocycles. The number of nitrogens with zero attached hydrogens (tertiary/aromatic N) is 4. The normalized spacial score (nSPS) is 10.9. The van der Waals surface area contributed by atoms with Crippen LogP contribution in [0.2, 0.25) is 5.02 Å². The van der Waals surface area contributed by atoms with E-state index in [4.69, 9.17) is 11.6 Å². The summed E-state index contributed by atoms with van der Waals surface area (Å²) in [6.45, 7) is 5.30. The predicted molar refractivity (Wildman–Crippen MR) is 118 cm³/mol. The molecular formula is C23H22ClN5O. The molecule has 4 rings (SSSR count). The minimum absolute atomic E-state index is 0.168. The summed E-state index contributed by atoms with van der Waals surface area (Å²) in [6.07, 6.45) is 3.45. The number of carbonyl (C=O) groups is 1. The highest BCUT2D eigenvalue weighted by atomic mass is 35.5. The van der Waals surface area contributed by atoms with Crippen molar-refractivity contribution in [1.29, 1.82) is 0 Å². The first-order chi connectivity index (χ1) is 14.5. The van der Waals surface area contributed by atoms with Crippen LogP contribution in [0.15, 0.2) is 67.0 Å². The minimum atomic E-state index is -0.168. The molecule has 0 fully saturated rings. The number of hydrogen-bond acceptors (Lipinski definition) is 3. The van der Waals surface area contributed by atoms with Gasteiger partial charge in [-0.25, -0.2) is 0 Å². The standard InChI is InChI=1S/C23H22ClN5O/c1-16-11-17(2)29(27-16)14-19-3-7-20(8-4-19)23(30)26-22-12-25-28(15-22)13-18-5-9-21(24)10-6-18/h3-12,15H,13-14H2,1-2H3,(H,26,30). The van der Waals surface area contributed by atoms with Crippen molar-refractivity contribution in [2.45, 2.75) is 26.9 Å². The molecule has 0 spiro atoms. The molecule has 0 aliphatic carbocycles. The number of aryl methyl sites for hydroxylation is 2. The SMILES string of the molecule is Cc1cc(C)n(Cc2ccc(C(=O)Nc3cnn(Cc4ccc(Cl)cc4)c3)cc2)n1. The van der Waals surface area contributed by atoms with Crippen LogP contribution in [0.1, 0.15) is 32.9 Å². The first kappa shape index (κ1) is 19.9. The van der Waals surface area contributed by atoms with E-state index >= 15 is 0 Å². The fraction of sp³-hybridized carbons (Fsp3) is 0.174. The van der Waals surface area contributed by atoms with Gasteiger partial charge in [0, 0.05) is 22.5 Å². The lowest BCUT2D eigenvalue weighted by Crippen LogP contribution is -2.12. The Labute approximate surface area is 180 Å². The van der Waals surface area contributed by atoms with Crippen molar-refractivity contribution in [1.82, 2.24) is 19.6 Å². The Morgan fingerprint density at radius 1 is 1.00 bits per heavy atom. The van der Waals surface area contributed by atoms with Gasteiger partial charge in [-0.3, -0.25) is 14.2 Å². The summed E-state index contributed by atoms with van der Waals surface area (Å²) >= 11 is 5.92. The fourth-order valence-electron chi connectivity index (χ4n) is 3.26. The molecule has 0 saturated heterocycles. The average Bonchev–Trinajstić information content (AvgIpc) is 3.29. The second-order valence-electron chi connectivity index (χ2n) is 7.29. The van der Waals surface area contributed by atoms with Crippen molar-refractivity contribution < 1.29 is 4.79 Å². The van der Waals surface area contributed by atoms with Crippen LogP contribution in [0.25, 0.3) is 0 Å². The maximum Gasteiger partial charge on any atom is 0.255 e. The number of anilines is 1. The third-order valence-corrected chi connectivity index (χ3v) is 5.05. The molecule has 2 aromatic heterocycles. The molecule has 6 nitrogen and oxygen atoms in total. The first-order valence-corrected chi connectivity index (χ1v) is 10.0. The number of aromatic nitrogens is 4. The van der Waals surface area contributed by atoms with Gasteiger partial charge in [-0.1, -0.05) is 35.9 Å². The zero-order valence-electron chi connectivity index (χ0n) is 16.8. The summed E-state index contributed by atoms with van der Waals surface area (Å²) in [5.74, 6) is -0.168. The third kappa shape index (κ3) is 4.78. The lowest BCUT2D eigenvalue weighted by Gasteiger charge is -2.07. The van der Waals surface area contributed by atoms with Gasteiger partial charge in [0.05, 0.1) is 30.7 Å². The van der Waals surface area contributed by atoms with Crippen molar-refractivity contribution in [3.8, 4) is 0 Å². The van der Waals surface area contributed by atoms with Gasteiger partial charge in [0.15, 0.2) is 0 Å². The summed E-state index contributed by atoms with van der Waals surface area (Å²) in [7, 11) is 0. The average molecular weight is 420 g/mol. The lowest BCUT2D eigenvalue weighted by molar-refractivity contribution is 0.102. The van der Waals surface area contributed by atoms with E-state index in [-0.39, 0.29) is 5.91 Å². The highest BCUT2D eigenvalue weighted by Crippen LogP contribution is 2.14. The predicted octanol–water partition coefficient (Wildman–Crippen LogP) is 4.70. The van der Waals surface area contributed by atoms with Gasteiger partial charge in [-0.05, 0) is 55.3 Å². The van der Waals surface area contributed by atoms with Gasteiger partial charge in [-0.15, -0.1) is 0 Å². The van der Waals surface area contributed by atoms with E-state index in [1.807, 2.05) is 73.3 Å². The van der Waals surface area contributed by atoms with Gasteiger partial charge in [0.25, 0.3) is 5.91 Å². The van der Waals surface area contributed by atoms with Crippen molar-refractivity contribution in [3.05, 3.63) is 100 Å². The fourth-order valence-corrected chi connectivity index (χ4v) is 3.39. The zero-order chi connectivity index (χ0) is 21.1. The maximum atomic E-state index is 12.6. The summed E-state index contributed by atoms with van der Waals surface area (Å²) in [4.78, 5) is 12.6. The van der Waals surface area contributed by atoms with Crippen molar-refractivity contribution in [3.63, 3.8) is 0 Å². The summed E-state index contributed by atoms with van der Waals surface area (Å²) < 4.78 is 3.73. The second kappa shape index (κ2) is 8.55. The van der Waals surface area contributed by atoms with E-state index in [1.165, 1.54) is 0 Å². The number of hydrogen-bond donors (Lipinski definition) is 1. The number of benzene rings is 2. The molecule has 2 aromatic carbocycles. The highest BCUT2D eigenvalue weighted by molar-refractivity contribution is 6.30. The van der Waals surface area contributed by atoms with Gasteiger partial charge >= 0.3 is 0 Å². The number of amides is 1. The number of rotatable bonds is 6. The van der Waals surface area contributed by atoms with E-state index in [0.29, 0.717) is 29.4 Å². The largest absolute Gasteiger partial charge is 0.319 e. The van der Waals surface area contributed by atoms with Gasteiger partial charge in [0.2, 0.25) is 0 Å². The highest BCUT2D eigenvalue weighted by Gasteiger charge is 2.09. The Kier molecular flexibility index (Phi) is 5.68. The zero-order valence-corrected chi connectivity index (χ0v) is 17.6. The van der Waals surface area contributed by atoms with Crippen LogP contribution in [0.5, 0.6) is 0 Å². The van der Waals surface area contributed by atoms with Crippen molar-refractivity contribution in [2.24, 2.45) is 0 Å². The van der Waals surface area contributed by atoms with Gasteiger partial charge in [-0.2, -0.15) is 10.2 Å². The Morgan fingerprint density at radius 2 is 1.67 bits per heavy atom. The first-order valence-electron chi connectivity index (χ1n) is 9.64. The molecule has 1 amide bonds. The molecule has 2 heterocycles. The third-order valence-electron chi connectivity index (χ3n) is 4.80. The molecule has 7 heteroatoms. The summed E-state index contributed by atoms with van der Waals surface area (Å²) in [5, 5.41) is 12.4. The van der Waals surface area contributed by atoms with E-state index in [2.05, 4.69) is 21.6 Å². The topological polar surface area (TPSA) is 64.7 Å². The molecule has 0 atom stereocenters. The van der Waals surface area contributed by atoms with Crippen LogP contribution in [-0.4, -0.2) is 25.5 Å². The van der Waals surface area contributed by atoms with Crippen LogP contribution in [0, 0.1) is 13.8 Å². The number of nitrogens with one attached hydrogen (secondary N) is 1. The van der Waals surface area contributed by atoms with Crippen LogP contribution in [0.3, 0.4) is 0 Å². The Balaban J connectivity index is 1.37. The Bertz CT molecular complexity index is 1160. The molecule has 1 N–H and O–H groups in total. The monoisotopic (exact) mass is 419 g/mol. The number of carbonyl (C=O) groups excluding carboxylic acids is 1. The molecular weight excluding hydrogens is 398 g/mol. The minimum Gasteiger partial charge on any atom is -0.319 e. The van der Waals surface area contributed by atoms with E-state index in [0.717, 1.165) is 22.5 Å². The number of halogens is 1. The molecule has 0 unspecified atom stereocenters. The van der Waals surface area contributed by atoms with Crippen molar-refractivity contribution >= 4 is 23.2 Å². The second-order valence-corrected chi connectivity index (χ2v) is 7.73. The Morgan fingerprint density at radius 3 is 2.33 bits per heavy atom. The summed E-state index contributed by atoms with van der Waals surface area (Å²) in [6, 6.07) is 17.2. The molecule has 152 valence electrons. The van der Waals surface area contributed by atoms with Gasteiger partial charge in [0.1, 0.15) is 0 Å². The van der Waals surface area contributed by atoms with Gasteiger partial charge < -0.3 is 5.32 Å². The van der Waals surface area contributed by atoms with E-state index in [9.17, 15) is 4.79 Å². The lowest BCUT2D eigenvalue weighted by atomic mass is 10.1. The van der Waals surface area contributed by atoms with E-state index < -0.39 is 0 Å². The van der Waals surface area contributed by atoms with E-state index in [1.54, 1.807) is 10.9 Å². The molecule has 0 radical (unpaired) electrons. The van der Waals surface area contributed by atoms with Crippen LogP contribution in [0.4, 0.5) is 5.69 Å².